The normalized spacial score (nSPS) is 18.3. The second-order valence-corrected chi connectivity index (χ2v) is 6.84. The number of nitrogens with zero attached hydrogens (tertiary/aromatic N) is 1. The highest BCUT2D eigenvalue weighted by Crippen LogP contribution is 2.23. The Morgan fingerprint density at radius 3 is 2.91 bits per heavy atom. The van der Waals surface area contributed by atoms with Crippen LogP contribution in [0.3, 0.4) is 0 Å². The number of carbonyl (C=O) groups is 2. The van der Waals surface area contributed by atoms with Gasteiger partial charge in [0.25, 0.3) is 0 Å². The van der Waals surface area contributed by atoms with E-state index >= 15 is 0 Å². The number of carboxylic acids is 1. The van der Waals surface area contributed by atoms with Gasteiger partial charge in [-0.15, -0.1) is 0 Å². The Bertz CT molecular complexity index is 559. The molecule has 0 aromatic heterocycles. The summed E-state index contributed by atoms with van der Waals surface area (Å²) < 4.78 is 1.02. The zero-order chi connectivity index (χ0) is 16.1. The van der Waals surface area contributed by atoms with Crippen molar-refractivity contribution in [3.8, 4) is 0 Å². The Kier molecular flexibility index (Phi) is 6.00. The number of carbonyl (C=O) groups excluding carboxylic acids is 1. The highest BCUT2D eigenvalue weighted by molar-refractivity contribution is 9.10. The summed E-state index contributed by atoms with van der Waals surface area (Å²) in [6.45, 7) is 3.49. The van der Waals surface area contributed by atoms with Crippen molar-refractivity contribution in [2.45, 2.75) is 39.0 Å². The van der Waals surface area contributed by atoms with Crippen molar-refractivity contribution in [1.82, 2.24) is 4.90 Å². The van der Waals surface area contributed by atoms with Crippen LogP contribution in [0.25, 0.3) is 0 Å². The highest BCUT2D eigenvalue weighted by Gasteiger charge is 2.24. The fourth-order valence-corrected chi connectivity index (χ4v) is 3.38. The van der Waals surface area contributed by atoms with Gasteiger partial charge >= 0.3 is 5.97 Å². The molecule has 1 N–H and O–H groups in total. The number of hydrogen-bond donors (Lipinski definition) is 1. The molecule has 0 aliphatic carbocycles. The lowest BCUT2D eigenvalue weighted by molar-refractivity contribution is -0.137. The van der Waals surface area contributed by atoms with Crippen LogP contribution in [0.2, 0.25) is 0 Å². The maximum Gasteiger partial charge on any atom is 0.303 e. The van der Waals surface area contributed by atoms with Crippen LogP contribution >= 0.6 is 15.9 Å². The number of halogens is 1. The van der Waals surface area contributed by atoms with Gasteiger partial charge in [-0.25, -0.2) is 0 Å². The molecule has 4 nitrogen and oxygen atoms in total. The second kappa shape index (κ2) is 7.77. The lowest BCUT2D eigenvalue weighted by Crippen LogP contribution is -2.40. The van der Waals surface area contributed by atoms with Crippen molar-refractivity contribution < 1.29 is 14.7 Å². The number of benzene rings is 1. The topological polar surface area (TPSA) is 57.6 Å². The van der Waals surface area contributed by atoms with E-state index in [1.807, 2.05) is 30.0 Å². The van der Waals surface area contributed by atoms with Crippen LogP contribution in [0.1, 0.15) is 36.8 Å². The van der Waals surface area contributed by atoms with Crippen molar-refractivity contribution in [2.75, 3.05) is 13.1 Å². The number of likely N-dealkylation sites (tertiary alicyclic amines) is 1. The number of piperidine rings is 1. The van der Waals surface area contributed by atoms with Crippen LogP contribution in [0, 0.1) is 12.8 Å². The third kappa shape index (κ3) is 4.57. The third-order valence-corrected chi connectivity index (χ3v) is 5.22. The molecular formula is C17H22BrNO3. The molecule has 5 heteroatoms. The number of aliphatic carboxylic acids is 1. The Morgan fingerprint density at radius 1 is 1.41 bits per heavy atom. The Hall–Kier alpha value is -1.36. The molecule has 1 unspecified atom stereocenters. The van der Waals surface area contributed by atoms with Crippen molar-refractivity contribution in [3.63, 3.8) is 0 Å². The molecule has 1 amide bonds. The molecule has 1 aromatic rings. The predicted molar refractivity (Wildman–Crippen MR) is 88.8 cm³/mol. The molecule has 22 heavy (non-hydrogen) atoms. The molecule has 1 aliphatic heterocycles. The first-order valence-corrected chi connectivity index (χ1v) is 8.50. The standard InChI is InChI=1S/C17H22BrNO3/c1-12-14(5-2-6-15(12)18)10-16(20)19-9-3-4-13(11-19)7-8-17(21)22/h2,5-6,13H,3-4,7-11H2,1H3,(H,21,22). The van der Waals surface area contributed by atoms with Gasteiger partial charge in [-0.3, -0.25) is 9.59 Å². The van der Waals surface area contributed by atoms with E-state index in [0.717, 1.165) is 35.0 Å². The van der Waals surface area contributed by atoms with E-state index in [1.165, 1.54) is 0 Å². The molecule has 1 fully saturated rings. The number of rotatable bonds is 5. The average Bonchev–Trinajstić information content (AvgIpc) is 2.50. The second-order valence-electron chi connectivity index (χ2n) is 5.98. The first kappa shape index (κ1) is 17.0. The van der Waals surface area contributed by atoms with Crippen LogP contribution in [0.4, 0.5) is 0 Å². The molecule has 0 radical (unpaired) electrons. The molecule has 1 saturated heterocycles. The predicted octanol–water partition coefficient (Wildman–Crippen LogP) is 3.40. The van der Waals surface area contributed by atoms with E-state index in [0.29, 0.717) is 25.3 Å². The fraction of sp³-hybridized carbons (Fsp3) is 0.529. The van der Waals surface area contributed by atoms with Gasteiger partial charge in [-0.05, 0) is 49.3 Å². The SMILES string of the molecule is Cc1c(Br)cccc1CC(=O)N1CCCC(CCC(=O)O)C1. The van der Waals surface area contributed by atoms with Gasteiger partial charge in [-0.2, -0.15) is 0 Å². The summed E-state index contributed by atoms with van der Waals surface area (Å²) in [5.74, 6) is -0.299. The summed E-state index contributed by atoms with van der Waals surface area (Å²) in [7, 11) is 0. The monoisotopic (exact) mass is 367 g/mol. The van der Waals surface area contributed by atoms with Gasteiger partial charge in [0, 0.05) is 24.0 Å². The number of amides is 1. The first-order valence-electron chi connectivity index (χ1n) is 7.71. The molecule has 0 saturated carbocycles. The van der Waals surface area contributed by atoms with Crippen LogP contribution in [0.5, 0.6) is 0 Å². The molecule has 0 bridgehead atoms. The van der Waals surface area contributed by atoms with Crippen molar-refractivity contribution in [1.29, 1.82) is 0 Å². The minimum absolute atomic E-state index is 0.140. The van der Waals surface area contributed by atoms with Crippen LogP contribution in [-0.2, 0) is 16.0 Å². The maximum atomic E-state index is 12.5. The van der Waals surface area contributed by atoms with E-state index in [4.69, 9.17) is 5.11 Å². The lowest BCUT2D eigenvalue weighted by atomic mass is 9.93. The van der Waals surface area contributed by atoms with Crippen LogP contribution in [0.15, 0.2) is 22.7 Å². The summed E-state index contributed by atoms with van der Waals surface area (Å²) in [6, 6.07) is 5.92. The van der Waals surface area contributed by atoms with Crippen molar-refractivity contribution >= 4 is 27.8 Å². The zero-order valence-electron chi connectivity index (χ0n) is 12.8. The van der Waals surface area contributed by atoms with Crippen LogP contribution in [-0.4, -0.2) is 35.0 Å². The Morgan fingerprint density at radius 2 is 2.18 bits per heavy atom. The largest absolute Gasteiger partial charge is 0.481 e. The molecule has 120 valence electrons. The van der Waals surface area contributed by atoms with Gasteiger partial charge < -0.3 is 10.0 Å². The van der Waals surface area contributed by atoms with E-state index < -0.39 is 5.97 Å². The summed E-state index contributed by atoms with van der Waals surface area (Å²) in [6.07, 6.45) is 3.25. The van der Waals surface area contributed by atoms with Gasteiger partial charge in [0.15, 0.2) is 0 Å². The fourth-order valence-electron chi connectivity index (χ4n) is 2.97. The Balaban J connectivity index is 1.94. The minimum atomic E-state index is -0.756. The molecular weight excluding hydrogens is 346 g/mol. The van der Waals surface area contributed by atoms with Crippen molar-refractivity contribution in [3.05, 3.63) is 33.8 Å². The van der Waals surface area contributed by atoms with E-state index in [2.05, 4.69) is 15.9 Å². The third-order valence-electron chi connectivity index (χ3n) is 4.36. The summed E-state index contributed by atoms with van der Waals surface area (Å²) in [5, 5.41) is 8.79. The minimum Gasteiger partial charge on any atom is -0.481 e. The van der Waals surface area contributed by atoms with Crippen molar-refractivity contribution in [2.24, 2.45) is 5.92 Å². The molecule has 1 atom stereocenters. The molecule has 1 aromatic carbocycles. The molecule has 1 heterocycles. The number of hydrogen-bond acceptors (Lipinski definition) is 2. The first-order chi connectivity index (χ1) is 10.5. The molecule has 1 aliphatic rings. The van der Waals surface area contributed by atoms with Gasteiger partial charge in [0.05, 0.1) is 6.42 Å². The lowest BCUT2D eigenvalue weighted by Gasteiger charge is -2.33. The Labute approximate surface area is 139 Å². The molecule has 0 spiro atoms. The smallest absolute Gasteiger partial charge is 0.303 e. The van der Waals surface area contributed by atoms with Gasteiger partial charge in [-0.1, -0.05) is 28.1 Å². The summed E-state index contributed by atoms with van der Waals surface area (Å²) in [5.41, 5.74) is 2.15. The maximum absolute atomic E-state index is 12.5. The number of carboxylic acid groups (broad SMARTS) is 1. The van der Waals surface area contributed by atoms with E-state index in [9.17, 15) is 9.59 Å². The highest BCUT2D eigenvalue weighted by atomic mass is 79.9. The van der Waals surface area contributed by atoms with E-state index in [-0.39, 0.29) is 12.3 Å². The van der Waals surface area contributed by atoms with E-state index in [1.54, 1.807) is 0 Å². The summed E-state index contributed by atoms with van der Waals surface area (Å²) >= 11 is 3.50. The average molecular weight is 368 g/mol. The summed E-state index contributed by atoms with van der Waals surface area (Å²) in [4.78, 5) is 25.1. The zero-order valence-corrected chi connectivity index (χ0v) is 14.4. The van der Waals surface area contributed by atoms with Gasteiger partial charge in [0.1, 0.15) is 0 Å². The van der Waals surface area contributed by atoms with Gasteiger partial charge in [0.2, 0.25) is 5.91 Å². The quantitative estimate of drug-likeness (QED) is 0.867. The van der Waals surface area contributed by atoms with Crippen LogP contribution < -0.4 is 0 Å². The molecule has 2 rings (SSSR count).